The predicted molar refractivity (Wildman–Crippen MR) is 90.5 cm³/mol. The molecule has 0 bridgehead atoms. The summed E-state index contributed by atoms with van der Waals surface area (Å²) in [4.78, 5) is 12.3. The van der Waals surface area contributed by atoms with Gasteiger partial charge in [-0.1, -0.05) is 31.2 Å². The van der Waals surface area contributed by atoms with E-state index in [2.05, 4.69) is 12.2 Å². The molecule has 0 saturated carbocycles. The first-order valence-electron chi connectivity index (χ1n) is 7.63. The minimum Gasteiger partial charge on any atom is -0.481 e. The van der Waals surface area contributed by atoms with Crippen molar-refractivity contribution in [2.75, 3.05) is 5.32 Å². The van der Waals surface area contributed by atoms with Gasteiger partial charge in [-0.2, -0.15) is 0 Å². The maximum atomic E-state index is 12.3. The number of rotatable bonds is 5. The summed E-state index contributed by atoms with van der Waals surface area (Å²) in [5.41, 5.74) is 4.24. The fraction of sp³-hybridized carbons (Fsp3) is 0.316. The van der Waals surface area contributed by atoms with Gasteiger partial charge in [0.2, 0.25) is 0 Å². The first kappa shape index (κ1) is 16.1. The molecule has 3 nitrogen and oxygen atoms in total. The van der Waals surface area contributed by atoms with Gasteiger partial charge in [-0.05, 0) is 62.1 Å². The van der Waals surface area contributed by atoms with Crippen LogP contribution in [-0.2, 0) is 11.2 Å². The zero-order valence-corrected chi connectivity index (χ0v) is 13.6. The molecule has 0 aliphatic heterocycles. The Bertz CT molecular complexity index is 647. The van der Waals surface area contributed by atoms with Crippen LogP contribution < -0.4 is 10.1 Å². The number of hydrogen-bond acceptors (Lipinski definition) is 2. The molecule has 0 aromatic heterocycles. The molecule has 0 heterocycles. The van der Waals surface area contributed by atoms with Crippen molar-refractivity contribution in [1.82, 2.24) is 0 Å². The van der Waals surface area contributed by atoms with Crippen LogP contribution in [-0.4, -0.2) is 12.0 Å². The van der Waals surface area contributed by atoms with E-state index in [0.29, 0.717) is 5.75 Å². The van der Waals surface area contributed by atoms with Crippen molar-refractivity contribution < 1.29 is 9.53 Å². The smallest absolute Gasteiger partial charge is 0.265 e. The van der Waals surface area contributed by atoms with Crippen molar-refractivity contribution in [3.05, 3.63) is 59.2 Å². The number of carbonyl (C=O) groups excluding carboxylic acids is 1. The van der Waals surface area contributed by atoms with E-state index >= 15 is 0 Å². The predicted octanol–water partition coefficient (Wildman–Crippen LogP) is 4.27. The third-order valence-corrected chi connectivity index (χ3v) is 3.66. The van der Waals surface area contributed by atoms with Crippen LogP contribution in [0.15, 0.2) is 42.5 Å². The zero-order valence-electron chi connectivity index (χ0n) is 13.6. The minimum absolute atomic E-state index is 0.145. The van der Waals surface area contributed by atoms with Gasteiger partial charge in [0.1, 0.15) is 5.75 Å². The molecule has 0 fully saturated rings. The Balaban J connectivity index is 2.00. The van der Waals surface area contributed by atoms with Crippen molar-refractivity contribution >= 4 is 11.6 Å². The summed E-state index contributed by atoms with van der Waals surface area (Å²) in [7, 11) is 0. The van der Waals surface area contributed by atoms with Crippen LogP contribution >= 0.6 is 0 Å². The van der Waals surface area contributed by atoms with Crippen LogP contribution in [0.4, 0.5) is 5.69 Å². The third kappa shape index (κ3) is 4.10. The Kier molecular flexibility index (Phi) is 5.21. The number of ether oxygens (including phenoxy) is 1. The van der Waals surface area contributed by atoms with Gasteiger partial charge in [-0.15, -0.1) is 0 Å². The van der Waals surface area contributed by atoms with Crippen molar-refractivity contribution in [2.45, 2.75) is 40.2 Å². The highest BCUT2D eigenvalue weighted by atomic mass is 16.5. The number of hydrogen-bond donors (Lipinski definition) is 1. The van der Waals surface area contributed by atoms with Crippen LogP contribution in [0.25, 0.3) is 0 Å². The summed E-state index contributed by atoms with van der Waals surface area (Å²) in [6.07, 6.45) is 0.440. The van der Waals surface area contributed by atoms with Crippen molar-refractivity contribution in [3.8, 4) is 5.75 Å². The highest BCUT2D eigenvalue weighted by molar-refractivity contribution is 5.94. The molecule has 2 rings (SSSR count). The molecule has 1 atom stereocenters. The van der Waals surface area contributed by atoms with E-state index in [-0.39, 0.29) is 5.91 Å². The molecule has 0 spiro atoms. The number of carbonyl (C=O) groups is 1. The summed E-state index contributed by atoms with van der Waals surface area (Å²) in [6.45, 7) is 7.85. The molecule has 1 amide bonds. The molecule has 2 aromatic rings. The van der Waals surface area contributed by atoms with Gasteiger partial charge < -0.3 is 10.1 Å². The van der Waals surface area contributed by atoms with Crippen molar-refractivity contribution in [3.63, 3.8) is 0 Å². The highest BCUT2D eigenvalue weighted by Gasteiger charge is 2.15. The Morgan fingerprint density at radius 3 is 2.45 bits per heavy atom. The second-order valence-corrected chi connectivity index (χ2v) is 5.57. The summed E-state index contributed by atoms with van der Waals surface area (Å²) in [5.74, 6) is 0.564. The van der Waals surface area contributed by atoms with Gasteiger partial charge >= 0.3 is 0 Å². The SMILES string of the molecule is CCc1ccc(O[C@H](C)C(=O)Nc2cc(C)ccc2C)cc1. The number of anilines is 1. The Hall–Kier alpha value is -2.29. The summed E-state index contributed by atoms with van der Waals surface area (Å²) in [6, 6.07) is 13.8. The molecule has 0 unspecified atom stereocenters. The molecule has 1 N–H and O–H groups in total. The van der Waals surface area contributed by atoms with Crippen molar-refractivity contribution in [2.24, 2.45) is 0 Å². The molecule has 3 heteroatoms. The van der Waals surface area contributed by atoms with Crippen LogP contribution in [0.3, 0.4) is 0 Å². The summed E-state index contributed by atoms with van der Waals surface area (Å²) < 4.78 is 5.71. The van der Waals surface area contributed by atoms with Crippen molar-refractivity contribution in [1.29, 1.82) is 0 Å². The van der Waals surface area contributed by atoms with Gasteiger partial charge in [0.05, 0.1) is 0 Å². The number of aryl methyl sites for hydroxylation is 3. The standard InChI is InChI=1S/C19H23NO2/c1-5-16-8-10-17(11-9-16)22-15(4)19(21)20-18-12-13(2)6-7-14(18)3/h6-12,15H,5H2,1-4H3,(H,20,21)/t15-/m1/s1. The minimum atomic E-state index is -0.549. The van der Waals surface area contributed by atoms with Gasteiger partial charge in [-0.25, -0.2) is 0 Å². The average Bonchev–Trinajstić information content (AvgIpc) is 2.51. The first-order chi connectivity index (χ1) is 10.5. The third-order valence-electron chi connectivity index (χ3n) is 3.66. The van der Waals surface area contributed by atoms with Crippen LogP contribution in [0.1, 0.15) is 30.5 Å². The van der Waals surface area contributed by atoms with Crippen LogP contribution in [0.5, 0.6) is 5.75 Å². The largest absolute Gasteiger partial charge is 0.481 e. The molecular formula is C19H23NO2. The molecule has 0 aliphatic rings. The molecule has 22 heavy (non-hydrogen) atoms. The number of amides is 1. The van der Waals surface area contributed by atoms with Crippen LogP contribution in [0, 0.1) is 13.8 Å². The van der Waals surface area contributed by atoms with E-state index in [1.54, 1.807) is 6.92 Å². The second-order valence-electron chi connectivity index (χ2n) is 5.57. The fourth-order valence-corrected chi connectivity index (χ4v) is 2.17. The molecule has 0 aliphatic carbocycles. The molecule has 2 aromatic carbocycles. The molecule has 0 radical (unpaired) electrons. The maximum Gasteiger partial charge on any atom is 0.265 e. The first-order valence-corrected chi connectivity index (χ1v) is 7.63. The molecular weight excluding hydrogens is 274 g/mol. The lowest BCUT2D eigenvalue weighted by Crippen LogP contribution is -2.30. The van der Waals surface area contributed by atoms with E-state index in [1.807, 2.05) is 56.3 Å². The number of nitrogens with one attached hydrogen (secondary N) is 1. The van der Waals surface area contributed by atoms with Gasteiger partial charge in [0.15, 0.2) is 6.10 Å². The highest BCUT2D eigenvalue weighted by Crippen LogP contribution is 2.18. The maximum absolute atomic E-state index is 12.3. The van der Waals surface area contributed by atoms with Gasteiger partial charge in [0, 0.05) is 5.69 Å². The van der Waals surface area contributed by atoms with E-state index in [4.69, 9.17) is 4.74 Å². The summed E-state index contributed by atoms with van der Waals surface area (Å²) >= 11 is 0. The zero-order chi connectivity index (χ0) is 16.1. The number of benzene rings is 2. The van der Waals surface area contributed by atoms with E-state index in [9.17, 15) is 4.79 Å². The lowest BCUT2D eigenvalue weighted by Gasteiger charge is -2.16. The Morgan fingerprint density at radius 2 is 1.82 bits per heavy atom. The normalized spacial score (nSPS) is 11.8. The second kappa shape index (κ2) is 7.12. The van der Waals surface area contributed by atoms with Gasteiger partial charge in [0.25, 0.3) is 5.91 Å². The summed E-state index contributed by atoms with van der Waals surface area (Å²) in [5, 5.41) is 2.93. The van der Waals surface area contributed by atoms with E-state index in [1.165, 1.54) is 5.56 Å². The monoisotopic (exact) mass is 297 g/mol. The van der Waals surface area contributed by atoms with E-state index < -0.39 is 6.10 Å². The molecule has 0 saturated heterocycles. The molecule has 116 valence electrons. The fourth-order valence-electron chi connectivity index (χ4n) is 2.17. The Morgan fingerprint density at radius 1 is 1.14 bits per heavy atom. The average molecular weight is 297 g/mol. The Labute approximate surface area is 132 Å². The topological polar surface area (TPSA) is 38.3 Å². The lowest BCUT2D eigenvalue weighted by molar-refractivity contribution is -0.122. The quantitative estimate of drug-likeness (QED) is 0.895. The van der Waals surface area contributed by atoms with Gasteiger partial charge in [-0.3, -0.25) is 4.79 Å². The van der Waals surface area contributed by atoms with Crippen LogP contribution in [0.2, 0.25) is 0 Å². The van der Waals surface area contributed by atoms with E-state index in [0.717, 1.165) is 23.2 Å². The lowest BCUT2D eigenvalue weighted by atomic mass is 10.1.